The van der Waals surface area contributed by atoms with Crippen molar-refractivity contribution < 1.29 is 4.74 Å². The highest BCUT2D eigenvalue weighted by atomic mass is 16.5. The van der Waals surface area contributed by atoms with Gasteiger partial charge in [-0.3, -0.25) is 0 Å². The predicted molar refractivity (Wildman–Crippen MR) is 572 cm³/mol. The maximum atomic E-state index is 10.0. The number of anilines is 16. The third kappa shape index (κ3) is 17.7. The number of fused-ring (bicyclic) bond motifs is 10. The molecule has 0 aliphatic carbocycles. The van der Waals surface area contributed by atoms with Crippen molar-refractivity contribution in [3.8, 4) is 41.8 Å². The van der Waals surface area contributed by atoms with Gasteiger partial charge in [0.25, 0.3) is 13.4 Å². The van der Waals surface area contributed by atoms with Crippen molar-refractivity contribution in [3.63, 3.8) is 0 Å². The van der Waals surface area contributed by atoms with Crippen LogP contribution < -0.4 is 96.8 Å². The number of benzene rings is 11. The van der Waals surface area contributed by atoms with Crippen molar-refractivity contribution in [3.05, 3.63) is 322 Å². The second kappa shape index (κ2) is 39.7. The van der Waals surface area contributed by atoms with Gasteiger partial charge >= 0.3 is 0 Å². The fourth-order valence-corrected chi connectivity index (χ4v) is 20.1. The van der Waals surface area contributed by atoms with E-state index >= 15 is 0 Å². The fourth-order valence-electron chi connectivity index (χ4n) is 20.1. The van der Waals surface area contributed by atoms with Gasteiger partial charge in [-0.05, 0) is 198 Å². The van der Waals surface area contributed by atoms with Crippen LogP contribution in [-0.4, -0.2) is 212 Å². The lowest BCUT2D eigenvalue weighted by atomic mass is 9.38. The van der Waals surface area contributed by atoms with E-state index in [1.165, 1.54) is 125 Å². The van der Waals surface area contributed by atoms with Crippen LogP contribution in [0.4, 0.5) is 91.0 Å². The predicted octanol–water partition coefficient (Wildman–Crippen LogP) is 13.1. The van der Waals surface area contributed by atoms with E-state index in [2.05, 4.69) is 384 Å². The van der Waals surface area contributed by atoms with E-state index in [9.17, 15) is 26.3 Å². The van der Waals surface area contributed by atoms with E-state index in [-0.39, 0.29) is 52.7 Å². The summed E-state index contributed by atoms with van der Waals surface area (Å²) >= 11 is 0. The van der Waals surface area contributed by atoms with Gasteiger partial charge in [0.15, 0.2) is 0 Å². The van der Waals surface area contributed by atoms with Gasteiger partial charge in [0.1, 0.15) is 116 Å². The Morgan fingerprint density at radius 3 is 0.965 bits per heavy atom. The zero-order valence-corrected chi connectivity index (χ0v) is 83.9. The molecule has 143 heavy (non-hydrogen) atoms. The molecule has 2 saturated heterocycles. The van der Waals surface area contributed by atoms with Crippen LogP contribution in [0.5, 0.6) is 11.5 Å². The Kier molecular flexibility index (Phi) is 26.6. The lowest BCUT2D eigenvalue weighted by molar-refractivity contribution is 0.452. The molecule has 7 aliphatic heterocycles. The summed E-state index contributed by atoms with van der Waals surface area (Å²) in [5.74, 6) is 2.03. The second-order valence-electron chi connectivity index (χ2n) is 38.0. The highest BCUT2D eigenvalue weighted by Gasteiger charge is 2.45. The summed E-state index contributed by atoms with van der Waals surface area (Å²) in [5.41, 5.74) is 32.7. The summed E-state index contributed by atoms with van der Waals surface area (Å²) in [5, 5.41) is 49.1. The van der Waals surface area contributed by atoms with Crippen molar-refractivity contribution in [2.75, 3.05) is 198 Å². The molecule has 0 unspecified atom stereocenters. The molecule has 4 aromatic heterocycles. The van der Waals surface area contributed by atoms with Crippen molar-refractivity contribution in [2.45, 2.75) is 50.9 Å². The summed E-state index contributed by atoms with van der Waals surface area (Å²) < 4.78 is 6.15. The Morgan fingerprint density at radius 1 is 0.322 bits per heavy atom. The van der Waals surface area contributed by atoms with Crippen LogP contribution in [0, 0.1) is 70.5 Å². The van der Waals surface area contributed by atoms with Crippen LogP contribution in [0.2, 0.25) is 0 Å². The van der Waals surface area contributed by atoms with Gasteiger partial charge in [-0.1, -0.05) is 72.8 Å². The first kappa shape index (κ1) is 95.7. The van der Waals surface area contributed by atoms with Crippen molar-refractivity contribution in [2.24, 2.45) is 0 Å². The van der Waals surface area contributed by atoms with Gasteiger partial charge < -0.3 is 63.5 Å². The molecule has 0 bridgehead atoms. The highest BCUT2D eigenvalue weighted by Crippen LogP contribution is 2.55. The monoisotopic (exact) mass is 1890 g/mol. The molecule has 0 radical (unpaired) electrons. The molecule has 11 aromatic carbocycles. The van der Waals surface area contributed by atoms with E-state index in [1.807, 2.05) is 80.6 Å². The minimum atomic E-state index is -0.633. The number of nitrogens with zero attached hydrogens (tertiary/aromatic N) is 29. The largest absolute Gasteiger partial charge is 0.457 e. The molecule has 15 aromatic rings. The van der Waals surface area contributed by atoms with E-state index in [4.69, 9.17) is 4.74 Å². The molecule has 22 rings (SSSR count). The number of hydrogen-bond donors (Lipinski definition) is 0. The zero-order chi connectivity index (χ0) is 101. The Balaban J connectivity index is 0.000000118. The maximum Gasteiger partial charge on any atom is 0.294 e. The first-order valence-corrected chi connectivity index (χ1v) is 47.3. The van der Waals surface area contributed by atoms with Crippen molar-refractivity contribution >= 4 is 138 Å². The fraction of sp³-hybridized carbons (Fsp3) is 0.252. The SMILES string of the molecule is CN(C)c1ccc2c(c1)N(C)c1cc(N(C)C)ccc1B2c1ncncn1.CN(C)c1ccc2c(c1)N(C)c1cc(N(C)C)ccc1C2(C)c1ncncn1.CN(C)c1ccc2c(c1)N(C)c1cc(N(C)C)ccc1C2c1ncncn1.CN1c2cc(N3CCC3)ccc2B(c2ncncn2)c2ccc(N3CCC3)cc21.Cc1ccc2c(c1)Oc1cc(C)ccc1C2c1c(C#N)c(C#N)c(C#N)c(C#N)c1C#N. The minimum Gasteiger partial charge on any atom is -0.457 e. The van der Waals surface area contributed by atoms with E-state index in [0.717, 1.165) is 83.2 Å². The molecule has 0 atom stereocenters. The average Bonchev–Trinajstić information content (AvgIpc) is 0.711. The van der Waals surface area contributed by atoms with Gasteiger partial charge in [0.2, 0.25) is 0 Å². The molecule has 11 heterocycles. The summed E-state index contributed by atoms with van der Waals surface area (Å²) in [4.78, 5) is 78.9. The number of rotatable bonds is 13. The van der Waals surface area contributed by atoms with E-state index < -0.39 is 11.3 Å². The third-order valence-corrected chi connectivity index (χ3v) is 28.2. The van der Waals surface area contributed by atoms with Gasteiger partial charge in [-0.2, -0.15) is 26.3 Å². The van der Waals surface area contributed by atoms with Gasteiger partial charge in [0.05, 0.1) is 39.2 Å². The topological polar surface area (TPSA) is 322 Å². The molecule has 32 heteroatoms. The van der Waals surface area contributed by atoms with Crippen LogP contribution >= 0.6 is 0 Å². The second-order valence-corrected chi connectivity index (χ2v) is 38.0. The summed E-state index contributed by atoms with van der Waals surface area (Å²) in [6.07, 6.45) is 15.2. The Morgan fingerprint density at radius 2 is 0.615 bits per heavy atom. The van der Waals surface area contributed by atoms with Crippen LogP contribution in [0.1, 0.15) is 121 Å². The summed E-state index contributed by atoms with van der Waals surface area (Å²) in [7, 11) is 33.3. The molecular formula is C111H109B2N29O. The van der Waals surface area contributed by atoms with Crippen LogP contribution in [0.15, 0.2) is 233 Å². The molecule has 7 aliphatic rings. The van der Waals surface area contributed by atoms with Gasteiger partial charge in [-0.25, -0.2) is 59.8 Å². The van der Waals surface area contributed by atoms with Crippen LogP contribution in [-0.2, 0) is 5.41 Å². The van der Waals surface area contributed by atoms with Crippen LogP contribution in [0.3, 0.4) is 0 Å². The Hall–Kier alpha value is -17.6. The number of aromatic nitrogens is 12. The van der Waals surface area contributed by atoms with Gasteiger partial charge in [-0.15, -0.1) is 0 Å². The standard InChI is InChI=1S/C26H13N5O.C22H23BN6.C22H26N6.C21H24N6.C20H23BN6/c1-14-3-5-16-23(7-14)32-24-8-15(2)4-6-17(24)25(16)26-21(12-30)19(10-28)18(9-27)20(11-29)22(26)13-31;1-27-20-12-16(28-8-2-9-28)4-6-18(20)23(22-25-14-24-15-26-22)19-7-5-17(13-21(19)27)29-10-3-11-29;1-22(21-24-13-23-14-25-21)17-9-7-15(26(2)3)11-19(17)28(6)20-12-16(27(4)5)8-10-18(20)22;1-25(2)14-6-8-16-18(10-14)27(5)19-11-15(26(3)4)7-9-17(19)20(16)21-23-12-22-13-24-21;1-25(2)14-6-8-16-18(10-14)27(5)19-11-15(26(3)4)7-9-17(19)21(16)20-23-12-22-13-24-20/h3-8,25H,1-2H3;4-7,12-15H,2-3,8-11H2,1H3;7-14H,1-6H3;6-13,20H,1-5H3;6-13H,1-5H3. The molecule has 0 spiro atoms. The number of nitriles is 5. The lowest BCUT2D eigenvalue weighted by Gasteiger charge is -2.42. The Labute approximate surface area is 836 Å². The smallest absolute Gasteiger partial charge is 0.294 e. The van der Waals surface area contributed by atoms with Gasteiger partial charge in [0, 0.05) is 253 Å². The van der Waals surface area contributed by atoms with Crippen molar-refractivity contribution in [1.82, 2.24) is 59.8 Å². The maximum absolute atomic E-state index is 10.0. The molecule has 2 fully saturated rings. The lowest BCUT2D eigenvalue weighted by Crippen LogP contribution is -2.59. The Bertz CT molecular complexity index is 7110. The zero-order valence-electron chi connectivity index (χ0n) is 83.9. The normalized spacial score (nSPS) is 13.7. The number of hydrogen-bond acceptors (Lipinski definition) is 30. The van der Waals surface area contributed by atoms with Crippen LogP contribution in [0.25, 0.3) is 0 Å². The highest BCUT2D eigenvalue weighted by molar-refractivity contribution is 6.97. The summed E-state index contributed by atoms with van der Waals surface area (Å²) in [6.45, 7) is 10.7. The van der Waals surface area contributed by atoms with Crippen molar-refractivity contribution in [1.29, 1.82) is 26.3 Å². The third-order valence-electron chi connectivity index (χ3n) is 28.2. The first-order valence-electron chi connectivity index (χ1n) is 47.3. The molecule has 0 amide bonds. The minimum absolute atomic E-state index is 0.0124. The first-order chi connectivity index (χ1) is 69.0. The quantitative estimate of drug-likeness (QED) is 0.0968. The van der Waals surface area contributed by atoms with E-state index in [1.54, 1.807) is 50.6 Å². The molecule has 0 saturated carbocycles. The molecule has 30 nitrogen and oxygen atoms in total. The summed E-state index contributed by atoms with van der Waals surface area (Å²) in [6, 6.07) is 74.1. The molecular weight excluding hydrogens is 1780 g/mol. The average molecular weight is 1890 g/mol. The number of aryl methyl sites for hydroxylation is 2. The molecule has 710 valence electrons. The molecule has 0 N–H and O–H groups in total. The van der Waals surface area contributed by atoms with E-state index in [0.29, 0.717) is 22.6 Å². The number of ether oxygens (including phenoxy) is 1.